The van der Waals surface area contributed by atoms with Crippen molar-refractivity contribution in [2.24, 2.45) is 29.6 Å². The molecule has 18 atom stereocenters. The number of benzene rings is 2. The molecule has 4 N–H and O–H groups in total. The number of pyridine rings is 1. The van der Waals surface area contributed by atoms with Crippen LogP contribution in [0.15, 0.2) is 77.9 Å². The Bertz CT molecular complexity index is 2670. The number of esters is 1. The first-order valence-electron chi connectivity index (χ1n) is 28.5. The van der Waals surface area contributed by atoms with Crippen molar-refractivity contribution in [1.29, 1.82) is 0 Å². The molecule has 0 saturated carbocycles. The Morgan fingerprint density at radius 3 is 2.16 bits per heavy atom. The van der Waals surface area contributed by atoms with Gasteiger partial charge in [-0.3, -0.25) is 28.5 Å². The molecule has 79 heavy (non-hydrogen) atoms. The number of hydrogen-bond acceptors (Lipinski definition) is 16. The second-order valence-corrected chi connectivity index (χ2v) is 23.7. The second-order valence-electron chi connectivity index (χ2n) is 23.7. The average molecular weight is 1100 g/mol. The maximum atomic E-state index is 14.4. The van der Waals surface area contributed by atoms with Crippen LogP contribution in [-0.2, 0) is 57.5 Å². The molecule has 3 aliphatic rings. The molecule has 3 fully saturated rings. The number of aliphatic hydroxyl groups is 4. The van der Waals surface area contributed by atoms with Crippen LogP contribution in [0.25, 0.3) is 16.9 Å². The third-order valence-electron chi connectivity index (χ3n) is 17.3. The highest BCUT2D eigenvalue weighted by Crippen LogP contribution is 2.41. The number of cyclic esters (lactones) is 1. The third-order valence-corrected chi connectivity index (χ3v) is 17.3. The molecule has 7 rings (SSSR count). The number of methoxy groups -OCH3 is 1. The van der Waals surface area contributed by atoms with Gasteiger partial charge < -0.3 is 48.8 Å². The first-order valence-corrected chi connectivity index (χ1v) is 28.5. The molecule has 2 aromatic heterocycles. The zero-order valence-electron chi connectivity index (χ0n) is 48.7. The number of hydrogen-bond donors (Lipinski definition) is 4. The maximum Gasteiger partial charge on any atom is 0.311 e. The summed E-state index contributed by atoms with van der Waals surface area (Å²) < 4.78 is 42.6. The quantitative estimate of drug-likeness (QED) is 0.0656. The molecule has 0 radical (unpaired) electrons. The summed E-state index contributed by atoms with van der Waals surface area (Å²) in [5.41, 5.74) is 2.45. The monoisotopic (exact) mass is 1100 g/mol. The van der Waals surface area contributed by atoms with Crippen molar-refractivity contribution in [2.45, 2.75) is 213 Å². The van der Waals surface area contributed by atoms with Crippen LogP contribution in [-0.4, -0.2) is 149 Å². The fourth-order valence-corrected chi connectivity index (χ4v) is 12.2. The van der Waals surface area contributed by atoms with Gasteiger partial charge in [-0.05, 0) is 122 Å². The standard InChI is InChI=1S/C61H89N5O13/c1-14-49-61(11,73)56(71)39(6)52(68)37(4)31-60(10,74-13)57(40(7)55(41(8)58(72)77-49)78-51-29-36(3)53(69)42(9)76-51)79-59-54(70)48(30-38(5)75-59)64(12)33-44-19-23-45(24-20-44)47-34-65(63-62-47)28-16-15-17-43-21-25-46(26-22-43)66-32-35(2)18-27-50(66)67/h18-27,32,34,36-42,48-49,51,53-57,59,69-71,73H,14-17,28-31,33H2,1-13H3/t36-,37+,38+,39-,40-,41+,42-,48-,49?,51?,53+,54+,55+,56+,57+,59?,60-,61+/m0/s1. The van der Waals surface area contributed by atoms with Crippen molar-refractivity contribution in [3.05, 3.63) is 100 Å². The molecule has 0 bridgehead atoms. The summed E-state index contributed by atoms with van der Waals surface area (Å²) in [6.07, 6.45) is -1.95. The normalized spacial score (nSPS) is 35.3. The van der Waals surface area contributed by atoms with Gasteiger partial charge in [0, 0.05) is 73.9 Å². The van der Waals surface area contributed by atoms with Gasteiger partial charge >= 0.3 is 5.97 Å². The minimum atomic E-state index is -1.98. The number of carbonyl (C=O) groups is 2. The third kappa shape index (κ3) is 14.5. The lowest BCUT2D eigenvalue weighted by atomic mass is 9.74. The van der Waals surface area contributed by atoms with Gasteiger partial charge in [0.15, 0.2) is 12.6 Å². The van der Waals surface area contributed by atoms with Crippen molar-refractivity contribution in [2.75, 3.05) is 14.2 Å². The number of nitrogens with zero attached hydrogens (tertiary/aromatic N) is 5. The number of aryl methyl sites for hydroxylation is 3. The number of unbranched alkanes of at least 4 members (excludes halogenated alkanes) is 1. The lowest BCUT2D eigenvalue weighted by Crippen LogP contribution is -2.61. The Morgan fingerprint density at radius 2 is 1.51 bits per heavy atom. The fourth-order valence-electron chi connectivity index (χ4n) is 12.2. The number of Topliss-reactive ketones (excluding diaryl/α,β-unsaturated/α-hetero) is 1. The van der Waals surface area contributed by atoms with Crippen LogP contribution >= 0.6 is 0 Å². The van der Waals surface area contributed by atoms with Gasteiger partial charge in [0.1, 0.15) is 29.3 Å². The molecule has 5 heterocycles. The zero-order valence-corrected chi connectivity index (χ0v) is 48.7. The summed E-state index contributed by atoms with van der Waals surface area (Å²) in [7, 11) is 3.48. The first kappa shape index (κ1) is 61.9. The van der Waals surface area contributed by atoms with E-state index in [1.54, 1.807) is 45.3 Å². The molecule has 3 saturated heterocycles. The summed E-state index contributed by atoms with van der Waals surface area (Å²) >= 11 is 0. The van der Waals surface area contributed by atoms with E-state index in [0.717, 1.165) is 53.9 Å². The van der Waals surface area contributed by atoms with Gasteiger partial charge in [-0.15, -0.1) is 5.10 Å². The van der Waals surface area contributed by atoms with Crippen molar-refractivity contribution in [3.8, 4) is 16.9 Å². The number of ether oxygens (including phenoxy) is 6. The Kier molecular flexibility index (Phi) is 20.7. The van der Waals surface area contributed by atoms with Crippen LogP contribution in [0.4, 0.5) is 0 Å². The minimum absolute atomic E-state index is 0.0539. The summed E-state index contributed by atoms with van der Waals surface area (Å²) in [5.74, 6) is -4.75. The molecule has 18 nitrogen and oxygen atoms in total. The van der Waals surface area contributed by atoms with E-state index in [2.05, 4.69) is 27.3 Å². The van der Waals surface area contributed by atoms with Gasteiger partial charge in [-0.25, -0.2) is 0 Å². The van der Waals surface area contributed by atoms with Crippen LogP contribution in [0.2, 0.25) is 0 Å². The Balaban J connectivity index is 1.05. The molecule has 3 unspecified atom stereocenters. The predicted molar refractivity (Wildman–Crippen MR) is 298 cm³/mol. The van der Waals surface area contributed by atoms with Gasteiger partial charge in [-0.1, -0.05) is 82.3 Å². The van der Waals surface area contributed by atoms with Gasteiger partial charge in [-0.2, -0.15) is 0 Å². The van der Waals surface area contributed by atoms with Crippen LogP contribution < -0.4 is 5.56 Å². The van der Waals surface area contributed by atoms with Crippen LogP contribution in [0.3, 0.4) is 0 Å². The first-order chi connectivity index (χ1) is 37.3. The number of aromatic nitrogens is 4. The molecular weight excluding hydrogens is 1010 g/mol. The molecule has 3 aliphatic heterocycles. The van der Waals surface area contributed by atoms with E-state index in [-0.39, 0.29) is 36.2 Å². The lowest BCUT2D eigenvalue weighted by molar-refractivity contribution is -0.312. The minimum Gasteiger partial charge on any atom is -0.459 e. The maximum absolute atomic E-state index is 14.4. The number of ketones is 1. The second kappa shape index (κ2) is 26.5. The molecule has 0 amide bonds. The van der Waals surface area contributed by atoms with E-state index in [1.807, 2.05) is 101 Å². The summed E-state index contributed by atoms with van der Waals surface area (Å²) in [5, 5.41) is 55.5. The molecule has 0 aliphatic carbocycles. The van der Waals surface area contributed by atoms with Crippen LogP contribution in [0.1, 0.15) is 124 Å². The topological polar surface area (TPSA) is 226 Å². The van der Waals surface area contributed by atoms with Crippen molar-refractivity contribution < 1.29 is 58.4 Å². The number of carbonyl (C=O) groups excluding carboxylic acids is 2. The van der Waals surface area contributed by atoms with Gasteiger partial charge in [0.05, 0.1) is 54.3 Å². The van der Waals surface area contributed by atoms with Crippen molar-refractivity contribution in [3.63, 3.8) is 0 Å². The van der Waals surface area contributed by atoms with E-state index in [4.69, 9.17) is 28.4 Å². The molecule has 18 heteroatoms. The Morgan fingerprint density at radius 1 is 0.823 bits per heavy atom. The highest BCUT2D eigenvalue weighted by molar-refractivity contribution is 5.83. The van der Waals surface area contributed by atoms with E-state index in [9.17, 15) is 34.8 Å². The highest BCUT2D eigenvalue weighted by Gasteiger charge is 2.53. The summed E-state index contributed by atoms with van der Waals surface area (Å²) in [6.45, 7) is 20.6. The van der Waals surface area contributed by atoms with E-state index >= 15 is 0 Å². The number of rotatable bonds is 16. The molecule has 436 valence electrons. The summed E-state index contributed by atoms with van der Waals surface area (Å²) in [6, 6.07) is 19.3. The van der Waals surface area contributed by atoms with Crippen molar-refractivity contribution >= 4 is 11.8 Å². The van der Waals surface area contributed by atoms with Crippen LogP contribution in [0, 0.1) is 36.5 Å². The zero-order chi connectivity index (χ0) is 57.7. The van der Waals surface area contributed by atoms with E-state index < -0.39 is 102 Å². The molecule has 0 spiro atoms. The largest absolute Gasteiger partial charge is 0.459 e. The van der Waals surface area contributed by atoms with Crippen molar-refractivity contribution in [1.82, 2.24) is 24.5 Å². The lowest BCUT2D eigenvalue weighted by Gasteiger charge is -2.49. The Labute approximate surface area is 466 Å². The predicted octanol–water partition coefficient (Wildman–Crippen LogP) is 6.98. The fraction of sp³-hybridized carbons (Fsp3) is 0.656. The molecular formula is C61H89N5O13. The highest BCUT2D eigenvalue weighted by atomic mass is 16.7. The SMILES string of the molecule is CCC1OC(=O)[C@H](C)[C@H](OC2C[C@H](C)[C@@H](O)[C@H](C)O2)[C@H](C)[C@@H](OC2O[C@H](C)C[C@H](N(C)Cc3ccc(-c4cn(CCCCc5ccc(-n6cc(C)ccc6=O)cc5)nn4)cc3)[C@H]2O)[C@@](C)(OC)C[C@@H](C)C(=O)[C@H](C)[C@@H](O)[C@]1(C)O. The summed E-state index contributed by atoms with van der Waals surface area (Å²) in [4.78, 5) is 43.2. The van der Waals surface area contributed by atoms with E-state index in [1.165, 1.54) is 19.6 Å². The van der Waals surface area contributed by atoms with E-state index in [0.29, 0.717) is 19.4 Å². The van der Waals surface area contributed by atoms with Crippen LogP contribution in [0.5, 0.6) is 0 Å². The number of aliphatic hydroxyl groups excluding tert-OH is 3. The average Bonchev–Trinajstić information content (AvgIpc) is 3.98. The Hall–Kier alpha value is -4.73. The van der Waals surface area contributed by atoms with Gasteiger partial charge in [0.2, 0.25) is 0 Å². The number of likely N-dealkylation sites (N-methyl/N-ethyl adjacent to an activating group) is 1. The smallest absolute Gasteiger partial charge is 0.311 e. The van der Waals surface area contributed by atoms with Gasteiger partial charge in [0.25, 0.3) is 5.56 Å². The molecule has 2 aromatic carbocycles. The molecule has 4 aromatic rings.